The third-order valence-electron chi connectivity index (χ3n) is 5.43. The summed E-state index contributed by atoms with van der Waals surface area (Å²) in [6, 6.07) is 9.60. The van der Waals surface area contributed by atoms with Crippen molar-refractivity contribution in [3.63, 3.8) is 0 Å². The lowest BCUT2D eigenvalue weighted by atomic mass is 9.95. The van der Waals surface area contributed by atoms with Crippen molar-refractivity contribution < 1.29 is 14.7 Å². The lowest BCUT2D eigenvalue weighted by Crippen LogP contribution is -2.33. The Balaban J connectivity index is 2.01. The third-order valence-corrected chi connectivity index (χ3v) is 5.66. The Morgan fingerprint density at radius 1 is 1.17 bits per heavy atom. The smallest absolute Gasteiger partial charge is 0.295 e. The van der Waals surface area contributed by atoms with Crippen LogP contribution in [0.25, 0.3) is 5.76 Å². The maximum Gasteiger partial charge on any atom is 0.295 e. The quantitative estimate of drug-likeness (QED) is 0.393. The van der Waals surface area contributed by atoms with Crippen molar-refractivity contribution in [3.8, 4) is 0 Å². The molecule has 1 aromatic carbocycles. The van der Waals surface area contributed by atoms with Crippen LogP contribution in [-0.2, 0) is 9.59 Å². The Morgan fingerprint density at radius 2 is 1.87 bits per heavy atom. The summed E-state index contributed by atoms with van der Waals surface area (Å²) in [5.74, 6) is -1.49. The number of carbonyl (C=O) groups excluding carboxylic acids is 2. The summed E-state index contributed by atoms with van der Waals surface area (Å²) in [5.41, 5.74) is 1.22. The Bertz CT molecular complexity index is 942. The van der Waals surface area contributed by atoms with Crippen LogP contribution in [0.4, 0.5) is 0 Å². The first-order chi connectivity index (χ1) is 14.5. The first-order valence-electron chi connectivity index (χ1n) is 10.1. The van der Waals surface area contributed by atoms with Gasteiger partial charge in [-0.25, -0.2) is 0 Å². The van der Waals surface area contributed by atoms with Crippen LogP contribution in [-0.4, -0.2) is 57.8 Å². The van der Waals surface area contributed by atoms with Crippen molar-refractivity contribution in [2.75, 3.05) is 26.2 Å². The zero-order valence-electron chi connectivity index (χ0n) is 17.2. The molecule has 1 aliphatic rings. The fourth-order valence-corrected chi connectivity index (χ4v) is 4.00. The van der Waals surface area contributed by atoms with Gasteiger partial charge < -0.3 is 14.9 Å². The maximum absolute atomic E-state index is 12.9. The molecule has 3 rings (SSSR count). The van der Waals surface area contributed by atoms with Gasteiger partial charge in [-0.15, -0.1) is 0 Å². The SMILES string of the molecule is CCN(CC)CCCN1C(=O)C(=O)/C(=C(/O)c2ccncc2)C1c1cccc(Cl)c1. The van der Waals surface area contributed by atoms with E-state index in [4.69, 9.17) is 11.6 Å². The second-order valence-corrected chi connectivity index (χ2v) is 7.60. The minimum Gasteiger partial charge on any atom is -0.507 e. The number of Topliss-reactive ketones (excluding diaryl/α,β-unsaturated/α-hetero) is 1. The highest BCUT2D eigenvalue weighted by atomic mass is 35.5. The summed E-state index contributed by atoms with van der Waals surface area (Å²) >= 11 is 6.19. The number of aromatic nitrogens is 1. The maximum atomic E-state index is 12.9. The number of benzene rings is 1. The number of pyridine rings is 1. The molecule has 1 amide bonds. The summed E-state index contributed by atoms with van der Waals surface area (Å²) in [4.78, 5) is 33.6. The number of nitrogens with zero attached hydrogens (tertiary/aromatic N) is 3. The Kier molecular flexibility index (Phi) is 7.24. The molecule has 30 heavy (non-hydrogen) atoms. The zero-order chi connectivity index (χ0) is 21.7. The third kappa shape index (κ3) is 4.55. The van der Waals surface area contributed by atoms with E-state index in [0.29, 0.717) is 22.7 Å². The highest BCUT2D eigenvalue weighted by Gasteiger charge is 2.45. The topological polar surface area (TPSA) is 73.7 Å². The molecule has 2 aromatic rings. The largest absolute Gasteiger partial charge is 0.507 e. The van der Waals surface area contributed by atoms with Crippen molar-refractivity contribution in [2.45, 2.75) is 26.3 Å². The first kappa shape index (κ1) is 22.0. The van der Waals surface area contributed by atoms with Crippen LogP contribution in [0.1, 0.15) is 37.4 Å². The van der Waals surface area contributed by atoms with Gasteiger partial charge in [0.1, 0.15) is 5.76 Å². The second kappa shape index (κ2) is 9.87. The lowest BCUT2D eigenvalue weighted by Gasteiger charge is -2.27. The average molecular weight is 428 g/mol. The molecular formula is C23H26ClN3O3. The molecule has 2 heterocycles. The number of aliphatic hydroxyl groups is 1. The van der Waals surface area contributed by atoms with Crippen LogP contribution in [0, 0.1) is 0 Å². The van der Waals surface area contributed by atoms with E-state index in [-0.39, 0.29) is 11.3 Å². The van der Waals surface area contributed by atoms with Gasteiger partial charge in [0.25, 0.3) is 11.7 Å². The first-order valence-corrected chi connectivity index (χ1v) is 10.5. The summed E-state index contributed by atoms with van der Waals surface area (Å²) in [6.07, 6.45) is 3.79. The molecule has 1 saturated heterocycles. The number of carbonyl (C=O) groups is 2. The van der Waals surface area contributed by atoms with Crippen LogP contribution < -0.4 is 0 Å². The number of aliphatic hydroxyl groups excluding tert-OH is 1. The van der Waals surface area contributed by atoms with Gasteiger partial charge in [-0.3, -0.25) is 14.6 Å². The van der Waals surface area contributed by atoms with Crippen molar-refractivity contribution in [3.05, 3.63) is 70.5 Å². The van der Waals surface area contributed by atoms with Crippen molar-refractivity contribution >= 4 is 29.1 Å². The van der Waals surface area contributed by atoms with Crippen molar-refractivity contribution in [2.24, 2.45) is 0 Å². The van der Waals surface area contributed by atoms with E-state index in [1.165, 1.54) is 12.4 Å². The van der Waals surface area contributed by atoms with Crippen LogP contribution >= 0.6 is 11.6 Å². The predicted molar refractivity (Wildman–Crippen MR) is 117 cm³/mol. The number of ketones is 1. The molecule has 0 radical (unpaired) electrons. The molecular weight excluding hydrogens is 402 g/mol. The van der Waals surface area contributed by atoms with Crippen molar-refractivity contribution in [1.82, 2.24) is 14.8 Å². The van der Waals surface area contributed by atoms with Crippen LogP contribution in [0.5, 0.6) is 0 Å². The molecule has 158 valence electrons. The van der Waals surface area contributed by atoms with Gasteiger partial charge in [0.05, 0.1) is 11.6 Å². The van der Waals surface area contributed by atoms with Gasteiger partial charge in [0.15, 0.2) is 0 Å². The number of hydrogen-bond acceptors (Lipinski definition) is 5. The van der Waals surface area contributed by atoms with E-state index in [1.54, 1.807) is 35.2 Å². The molecule has 0 spiro atoms. The van der Waals surface area contributed by atoms with Crippen LogP contribution in [0.3, 0.4) is 0 Å². The molecule has 1 unspecified atom stereocenters. The zero-order valence-corrected chi connectivity index (χ0v) is 18.0. The van der Waals surface area contributed by atoms with Gasteiger partial charge in [0.2, 0.25) is 0 Å². The minimum atomic E-state index is -0.687. The molecule has 1 aliphatic heterocycles. The molecule has 7 heteroatoms. The summed E-state index contributed by atoms with van der Waals surface area (Å²) in [5, 5.41) is 11.4. The molecule has 1 fully saturated rings. The van der Waals surface area contributed by atoms with E-state index >= 15 is 0 Å². The highest BCUT2D eigenvalue weighted by molar-refractivity contribution is 6.46. The summed E-state index contributed by atoms with van der Waals surface area (Å²) < 4.78 is 0. The second-order valence-electron chi connectivity index (χ2n) is 7.16. The number of rotatable bonds is 8. The normalized spacial score (nSPS) is 18.4. The van der Waals surface area contributed by atoms with E-state index < -0.39 is 17.7 Å². The van der Waals surface area contributed by atoms with E-state index in [0.717, 1.165) is 26.1 Å². The molecule has 1 N–H and O–H groups in total. The molecule has 1 aromatic heterocycles. The highest BCUT2D eigenvalue weighted by Crippen LogP contribution is 2.39. The standard InChI is InChI=1S/C23H26ClN3O3/c1-3-26(4-2)13-6-14-27-20(17-7-5-8-18(24)15-17)19(22(29)23(27)30)21(28)16-9-11-25-12-10-16/h5,7-12,15,20,28H,3-4,6,13-14H2,1-2H3/b21-19+. The number of likely N-dealkylation sites (tertiary alicyclic amines) is 1. The molecule has 0 saturated carbocycles. The number of amides is 1. The Morgan fingerprint density at radius 3 is 2.50 bits per heavy atom. The Labute approximate surface area is 181 Å². The summed E-state index contributed by atoms with van der Waals surface area (Å²) in [6.45, 7) is 7.27. The average Bonchev–Trinajstić information content (AvgIpc) is 3.02. The van der Waals surface area contributed by atoms with E-state index in [1.807, 2.05) is 6.07 Å². The van der Waals surface area contributed by atoms with Crippen molar-refractivity contribution in [1.29, 1.82) is 0 Å². The van der Waals surface area contributed by atoms with Gasteiger partial charge >= 0.3 is 0 Å². The van der Waals surface area contributed by atoms with E-state index in [9.17, 15) is 14.7 Å². The predicted octanol–water partition coefficient (Wildman–Crippen LogP) is 3.89. The van der Waals surface area contributed by atoms with Crippen LogP contribution in [0.2, 0.25) is 5.02 Å². The fraction of sp³-hybridized carbons (Fsp3) is 0.348. The molecule has 6 nitrogen and oxygen atoms in total. The lowest BCUT2D eigenvalue weighted by molar-refractivity contribution is -0.140. The molecule has 0 aliphatic carbocycles. The number of hydrogen-bond donors (Lipinski definition) is 1. The number of halogens is 1. The summed E-state index contributed by atoms with van der Waals surface area (Å²) in [7, 11) is 0. The van der Waals surface area contributed by atoms with E-state index in [2.05, 4.69) is 23.7 Å². The van der Waals surface area contributed by atoms with Gasteiger partial charge in [0, 0.05) is 29.5 Å². The van der Waals surface area contributed by atoms with Gasteiger partial charge in [-0.05, 0) is 55.9 Å². The van der Waals surface area contributed by atoms with Gasteiger partial charge in [-0.1, -0.05) is 37.6 Å². The van der Waals surface area contributed by atoms with Gasteiger partial charge in [-0.2, -0.15) is 0 Å². The van der Waals surface area contributed by atoms with Crippen LogP contribution in [0.15, 0.2) is 54.4 Å². The fourth-order valence-electron chi connectivity index (χ4n) is 3.80. The monoisotopic (exact) mass is 427 g/mol. The Hall–Kier alpha value is -2.70. The molecule has 0 bridgehead atoms. The molecule has 1 atom stereocenters. The minimum absolute atomic E-state index is 0.0799.